The maximum Gasteiger partial charge on any atom is 0.262 e. The molecule has 4 aromatic carbocycles. The van der Waals surface area contributed by atoms with Gasteiger partial charge in [-0.1, -0.05) is 73.5 Å². The Morgan fingerprint density at radius 1 is 0.500 bits per heavy atom. The highest BCUT2D eigenvalue weighted by molar-refractivity contribution is 6.25. The Morgan fingerprint density at radius 2 is 0.769 bits per heavy atom. The highest BCUT2D eigenvalue weighted by Crippen LogP contribution is 2.34. The van der Waals surface area contributed by atoms with Crippen molar-refractivity contribution in [2.24, 2.45) is 11.8 Å². The number of amides is 4. The predicted molar refractivity (Wildman–Crippen MR) is 203 cm³/mol. The molecule has 4 aromatic rings. The summed E-state index contributed by atoms with van der Waals surface area (Å²) in [4.78, 5) is 73.8. The lowest BCUT2D eigenvalue weighted by atomic mass is 9.83. The Bertz CT molecular complexity index is 1860. The van der Waals surface area contributed by atoms with Crippen LogP contribution >= 0.6 is 0 Å². The number of aryl methyl sites for hydroxylation is 6. The van der Waals surface area contributed by atoms with Crippen LogP contribution in [0.25, 0.3) is 0 Å². The second-order valence-electron chi connectivity index (χ2n) is 15.3. The number of Topliss-reactive ketones (excluding diaryl/α,β-unsaturated/α-hetero) is 1. The summed E-state index contributed by atoms with van der Waals surface area (Å²) in [7, 11) is 0. The monoisotopic (exact) mass is 696 g/mol. The van der Waals surface area contributed by atoms with Crippen molar-refractivity contribution in [1.29, 1.82) is 0 Å². The molecule has 4 atom stereocenters. The maximum atomic E-state index is 15.3. The van der Waals surface area contributed by atoms with Crippen LogP contribution in [0, 0.1) is 53.4 Å². The van der Waals surface area contributed by atoms with E-state index in [1.165, 1.54) is 22.3 Å². The number of fused-ring (bicyclic) bond motifs is 2. The predicted octanol–water partition coefficient (Wildman–Crippen LogP) is 8.27. The Labute approximate surface area is 307 Å². The van der Waals surface area contributed by atoms with Crippen molar-refractivity contribution in [1.82, 2.24) is 9.80 Å². The van der Waals surface area contributed by atoms with E-state index in [9.17, 15) is 19.2 Å². The van der Waals surface area contributed by atoms with E-state index in [1.54, 1.807) is 48.5 Å². The van der Waals surface area contributed by atoms with Gasteiger partial charge in [-0.15, -0.1) is 0 Å². The minimum absolute atomic E-state index is 0.128. The molecule has 0 spiro atoms. The van der Waals surface area contributed by atoms with Gasteiger partial charge in [0.05, 0.1) is 22.3 Å². The summed E-state index contributed by atoms with van der Waals surface area (Å²) in [5, 5.41) is 0. The van der Waals surface area contributed by atoms with Crippen LogP contribution in [-0.4, -0.2) is 51.3 Å². The lowest BCUT2D eigenvalue weighted by molar-refractivity contribution is -0.128. The zero-order valence-corrected chi connectivity index (χ0v) is 31.5. The summed E-state index contributed by atoms with van der Waals surface area (Å²) in [5.74, 6) is -2.86. The molecule has 6 rings (SSSR count). The normalized spacial score (nSPS) is 16.2. The van der Waals surface area contributed by atoms with Crippen LogP contribution in [0.1, 0.15) is 113 Å². The van der Waals surface area contributed by atoms with Crippen molar-refractivity contribution in [3.8, 4) is 0 Å². The lowest BCUT2D eigenvalue weighted by Crippen LogP contribution is -2.55. The molecule has 4 amide bonds. The second kappa shape index (κ2) is 14.5. The number of hydrogen-bond acceptors (Lipinski definition) is 5. The van der Waals surface area contributed by atoms with Gasteiger partial charge in [-0.2, -0.15) is 0 Å². The smallest absolute Gasteiger partial charge is 0.262 e. The van der Waals surface area contributed by atoms with Crippen LogP contribution in [0.3, 0.4) is 0 Å². The molecule has 4 unspecified atom stereocenters. The Kier molecular flexibility index (Phi) is 10.2. The van der Waals surface area contributed by atoms with Crippen molar-refractivity contribution in [2.45, 2.75) is 93.2 Å². The third kappa shape index (κ3) is 6.76. The van der Waals surface area contributed by atoms with Crippen LogP contribution < -0.4 is 0 Å². The molecule has 0 N–H and O–H groups in total. The standard InChI is InChI=1S/C45H48N2O5/c1-25-17-29(5)37(30(6)18-25)21-27(3)23-39(46-42(49)33-13-9-10-14-34(33)43(46)50)41(48)40(47-44(51)35-15-11-12-16-36(35)45(47)52)24-28(4)22-38-31(7)19-26(2)20-32(38)8/h9-20,27-28,39-40H,21-24H2,1-8H3. The first kappa shape index (κ1) is 36.6. The fourth-order valence-electron chi connectivity index (χ4n) is 8.59. The number of benzene rings is 4. The van der Waals surface area contributed by atoms with Crippen LogP contribution in [0.2, 0.25) is 0 Å². The summed E-state index contributed by atoms with van der Waals surface area (Å²) in [6, 6.07) is 19.4. The molecule has 0 bridgehead atoms. The van der Waals surface area contributed by atoms with Gasteiger partial charge in [-0.3, -0.25) is 33.8 Å². The number of nitrogens with zero attached hydrogens (tertiary/aromatic N) is 2. The van der Waals surface area contributed by atoms with Gasteiger partial charge in [0.15, 0.2) is 5.78 Å². The van der Waals surface area contributed by atoms with Gasteiger partial charge in [0.2, 0.25) is 0 Å². The third-order valence-corrected chi connectivity index (χ3v) is 11.0. The van der Waals surface area contributed by atoms with E-state index >= 15 is 4.79 Å². The molecule has 0 saturated heterocycles. The van der Waals surface area contributed by atoms with Gasteiger partial charge < -0.3 is 0 Å². The summed E-state index contributed by atoms with van der Waals surface area (Å²) < 4.78 is 0. The number of carbonyl (C=O) groups is 5. The van der Waals surface area contributed by atoms with Gasteiger partial charge in [0.1, 0.15) is 12.1 Å². The molecule has 2 heterocycles. The number of carbonyl (C=O) groups excluding carboxylic acids is 5. The van der Waals surface area contributed by atoms with E-state index in [1.807, 2.05) is 13.8 Å². The van der Waals surface area contributed by atoms with Gasteiger partial charge in [-0.05, 0) is 137 Å². The minimum atomic E-state index is -1.20. The van der Waals surface area contributed by atoms with Gasteiger partial charge in [0.25, 0.3) is 23.6 Å². The number of hydrogen-bond donors (Lipinski definition) is 0. The van der Waals surface area contributed by atoms with Gasteiger partial charge >= 0.3 is 0 Å². The van der Waals surface area contributed by atoms with Crippen LogP contribution in [0.15, 0.2) is 72.8 Å². The Hall–Kier alpha value is -5.17. The molecular formula is C45H48N2O5. The number of rotatable bonds is 12. The lowest BCUT2D eigenvalue weighted by Gasteiger charge is -2.35. The zero-order valence-electron chi connectivity index (χ0n) is 31.5. The fourth-order valence-corrected chi connectivity index (χ4v) is 8.59. The maximum absolute atomic E-state index is 15.3. The van der Waals surface area contributed by atoms with Crippen molar-refractivity contribution in [3.05, 3.63) is 140 Å². The second-order valence-corrected chi connectivity index (χ2v) is 15.3. The van der Waals surface area contributed by atoms with E-state index in [4.69, 9.17) is 0 Å². The van der Waals surface area contributed by atoms with E-state index in [0.29, 0.717) is 12.8 Å². The first-order valence-corrected chi connectivity index (χ1v) is 18.3. The highest BCUT2D eigenvalue weighted by Gasteiger charge is 2.49. The topological polar surface area (TPSA) is 91.8 Å². The molecule has 7 heteroatoms. The molecule has 7 nitrogen and oxygen atoms in total. The molecule has 2 aliphatic rings. The van der Waals surface area contributed by atoms with Crippen LogP contribution in [-0.2, 0) is 17.6 Å². The first-order valence-electron chi connectivity index (χ1n) is 18.3. The third-order valence-electron chi connectivity index (χ3n) is 11.0. The number of imide groups is 2. The molecular weight excluding hydrogens is 649 g/mol. The Morgan fingerprint density at radius 3 is 1.04 bits per heavy atom. The zero-order chi connectivity index (χ0) is 37.6. The average molecular weight is 697 g/mol. The van der Waals surface area contributed by atoms with Crippen LogP contribution in [0.4, 0.5) is 0 Å². The van der Waals surface area contributed by atoms with E-state index in [2.05, 4.69) is 65.8 Å². The summed E-state index contributed by atoms with van der Waals surface area (Å²) in [6.07, 6.45) is 1.62. The SMILES string of the molecule is Cc1cc(C)c(CC(C)CC(C(=O)C(CC(C)Cc2c(C)cc(C)cc2C)N2C(=O)c3ccccc3C2=O)N2C(=O)c3ccccc3C2=O)c(C)c1. The fraction of sp³-hybridized carbons (Fsp3) is 0.356. The molecule has 0 saturated carbocycles. The molecule has 0 radical (unpaired) electrons. The molecule has 52 heavy (non-hydrogen) atoms. The highest BCUT2D eigenvalue weighted by atomic mass is 16.2. The van der Waals surface area contributed by atoms with Crippen molar-refractivity contribution < 1.29 is 24.0 Å². The quantitative estimate of drug-likeness (QED) is 0.139. The molecule has 0 aromatic heterocycles. The summed E-state index contributed by atoms with van der Waals surface area (Å²) >= 11 is 0. The van der Waals surface area contributed by atoms with E-state index < -0.39 is 41.5 Å². The summed E-state index contributed by atoms with van der Waals surface area (Å²) in [5.41, 5.74) is 10.2. The van der Waals surface area contributed by atoms with Crippen molar-refractivity contribution in [3.63, 3.8) is 0 Å². The van der Waals surface area contributed by atoms with Crippen molar-refractivity contribution in [2.75, 3.05) is 0 Å². The largest absolute Gasteiger partial charge is 0.295 e. The molecule has 0 fully saturated rings. The van der Waals surface area contributed by atoms with Crippen LogP contribution in [0.5, 0.6) is 0 Å². The van der Waals surface area contributed by atoms with Crippen molar-refractivity contribution >= 4 is 29.4 Å². The van der Waals surface area contributed by atoms with E-state index in [0.717, 1.165) is 32.1 Å². The minimum Gasteiger partial charge on any atom is -0.295 e. The average Bonchev–Trinajstić information content (AvgIpc) is 3.49. The first-order chi connectivity index (χ1) is 24.7. The molecule has 2 aliphatic heterocycles. The molecule has 0 aliphatic carbocycles. The van der Waals surface area contributed by atoms with Gasteiger partial charge in [-0.25, -0.2) is 0 Å². The molecule has 268 valence electrons. The summed E-state index contributed by atoms with van der Waals surface area (Å²) in [6.45, 7) is 16.5. The van der Waals surface area contributed by atoms with Gasteiger partial charge in [0, 0.05) is 0 Å². The number of ketones is 1. The Balaban J connectivity index is 1.41. The van der Waals surface area contributed by atoms with E-state index in [-0.39, 0.29) is 46.9 Å².